The number of nitrogens with zero attached hydrogens (tertiary/aromatic N) is 2. The molecule has 0 aliphatic rings. The van der Waals surface area contributed by atoms with Crippen molar-refractivity contribution >= 4 is 23.3 Å². The number of anilines is 1. The van der Waals surface area contributed by atoms with E-state index in [4.69, 9.17) is 16.9 Å². The van der Waals surface area contributed by atoms with Gasteiger partial charge < -0.3 is 5.32 Å². The van der Waals surface area contributed by atoms with Crippen molar-refractivity contribution in [1.29, 1.82) is 5.26 Å². The minimum Gasteiger partial charge on any atom is -0.310 e. The normalized spacial score (nSPS) is 9.78. The number of carbonyl (C=O) groups excluding carboxylic acids is 1. The summed E-state index contributed by atoms with van der Waals surface area (Å²) in [5.74, 6) is 0.0922. The summed E-state index contributed by atoms with van der Waals surface area (Å²) < 4.78 is 0. The van der Waals surface area contributed by atoms with Gasteiger partial charge in [0.1, 0.15) is 17.5 Å². The third-order valence-electron chi connectivity index (χ3n) is 2.30. The van der Waals surface area contributed by atoms with Crippen LogP contribution in [0.2, 0.25) is 5.02 Å². The first kappa shape index (κ1) is 12.1. The molecule has 2 rings (SSSR count). The van der Waals surface area contributed by atoms with E-state index in [1.807, 2.05) is 6.07 Å². The van der Waals surface area contributed by atoms with Crippen molar-refractivity contribution in [2.24, 2.45) is 0 Å². The fourth-order valence-electron chi connectivity index (χ4n) is 1.44. The highest BCUT2D eigenvalue weighted by molar-refractivity contribution is 6.30. The summed E-state index contributed by atoms with van der Waals surface area (Å²) in [6.07, 6.45) is 1.57. The second-order valence-electron chi connectivity index (χ2n) is 3.62. The lowest BCUT2D eigenvalue weighted by Crippen LogP contribution is -2.15. The molecule has 1 amide bonds. The van der Waals surface area contributed by atoms with Crippen molar-refractivity contribution in [3.05, 3.63) is 46.6 Å². The molecule has 2 N–H and O–H groups in total. The monoisotopic (exact) mass is 260 g/mol. The van der Waals surface area contributed by atoms with E-state index in [1.165, 1.54) is 6.20 Å². The number of carbonyl (C=O) groups is 1. The summed E-state index contributed by atoms with van der Waals surface area (Å²) >= 11 is 5.75. The third kappa shape index (κ3) is 2.87. The van der Waals surface area contributed by atoms with Crippen LogP contribution in [-0.2, 0) is 11.2 Å². The molecular weight excluding hydrogens is 252 g/mol. The number of amides is 1. The number of rotatable bonds is 3. The standard InChI is InChI=1S/C12H9ClN4O/c13-10-3-1-8(2-4-10)5-11(18)16-12-9(6-14)7-15-17-12/h1-4,7H,5H2,(H2,15,16,17,18). The summed E-state index contributed by atoms with van der Waals surface area (Å²) in [5.41, 5.74) is 1.15. The third-order valence-corrected chi connectivity index (χ3v) is 2.55. The van der Waals surface area contributed by atoms with Gasteiger partial charge in [-0.1, -0.05) is 23.7 Å². The lowest BCUT2D eigenvalue weighted by molar-refractivity contribution is -0.115. The lowest BCUT2D eigenvalue weighted by Gasteiger charge is -2.03. The molecule has 0 atom stereocenters. The Labute approximate surface area is 108 Å². The van der Waals surface area contributed by atoms with E-state index >= 15 is 0 Å². The largest absolute Gasteiger partial charge is 0.310 e. The molecule has 0 aliphatic heterocycles. The molecule has 0 aliphatic carbocycles. The molecule has 1 aromatic carbocycles. The minimum atomic E-state index is -0.224. The summed E-state index contributed by atoms with van der Waals surface area (Å²) in [5, 5.41) is 18.2. The SMILES string of the molecule is N#Cc1cn[nH]c1NC(=O)Cc1ccc(Cl)cc1. The fraction of sp³-hybridized carbons (Fsp3) is 0.0833. The molecule has 2 aromatic rings. The summed E-state index contributed by atoms with van der Waals surface area (Å²) in [6.45, 7) is 0. The molecule has 1 heterocycles. The van der Waals surface area contributed by atoms with Gasteiger partial charge in [-0.2, -0.15) is 10.4 Å². The zero-order valence-electron chi connectivity index (χ0n) is 9.27. The van der Waals surface area contributed by atoms with Crippen LogP contribution in [0.15, 0.2) is 30.5 Å². The summed E-state index contributed by atoms with van der Waals surface area (Å²) in [6, 6.07) is 8.93. The number of H-pyrrole nitrogens is 1. The molecule has 5 nitrogen and oxygen atoms in total. The number of benzene rings is 1. The van der Waals surface area contributed by atoms with Gasteiger partial charge in [0, 0.05) is 5.02 Å². The number of hydrogen-bond donors (Lipinski definition) is 2. The molecular formula is C12H9ClN4O. The van der Waals surface area contributed by atoms with Crippen molar-refractivity contribution in [2.45, 2.75) is 6.42 Å². The smallest absolute Gasteiger partial charge is 0.229 e. The predicted octanol–water partition coefficient (Wildman–Crippen LogP) is 2.12. The van der Waals surface area contributed by atoms with Crippen LogP contribution in [0.25, 0.3) is 0 Å². The van der Waals surface area contributed by atoms with Crippen molar-refractivity contribution in [2.75, 3.05) is 5.32 Å². The van der Waals surface area contributed by atoms with E-state index in [2.05, 4.69) is 15.5 Å². The minimum absolute atomic E-state index is 0.209. The van der Waals surface area contributed by atoms with Crippen LogP contribution in [0, 0.1) is 11.3 Å². The first-order valence-electron chi connectivity index (χ1n) is 5.17. The Morgan fingerprint density at radius 1 is 1.44 bits per heavy atom. The van der Waals surface area contributed by atoms with Crippen molar-refractivity contribution < 1.29 is 4.79 Å². The van der Waals surface area contributed by atoms with Crippen LogP contribution in [0.5, 0.6) is 0 Å². The topological polar surface area (TPSA) is 81.6 Å². The zero-order chi connectivity index (χ0) is 13.0. The molecule has 0 spiro atoms. The van der Waals surface area contributed by atoms with Crippen LogP contribution in [0.3, 0.4) is 0 Å². The Morgan fingerprint density at radius 2 is 2.17 bits per heavy atom. The van der Waals surface area contributed by atoms with E-state index in [0.717, 1.165) is 5.56 Å². The van der Waals surface area contributed by atoms with Crippen LogP contribution >= 0.6 is 11.6 Å². The second kappa shape index (κ2) is 5.34. The predicted molar refractivity (Wildman–Crippen MR) is 67.1 cm³/mol. The van der Waals surface area contributed by atoms with E-state index in [-0.39, 0.29) is 12.3 Å². The number of hydrogen-bond acceptors (Lipinski definition) is 3. The highest BCUT2D eigenvalue weighted by Gasteiger charge is 2.09. The van der Waals surface area contributed by atoms with E-state index in [9.17, 15) is 4.79 Å². The van der Waals surface area contributed by atoms with Gasteiger partial charge in [0.25, 0.3) is 0 Å². The summed E-state index contributed by atoms with van der Waals surface area (Å²) in [7, 11) is 0. The van der Waals surface area contributed by atoms with Crippen molar-refractivity contribution in [3.63, 3.8) is 0 Å². The van der Waals surface area contributed by atoms with E-state index < -0.39 is 0 Å². The molecule has 0 saturated carbocycles. The second-order valence-corrected chi connectivity index (χ2v) is 4.06. The average molecular weight is 261 g/mol. The number of nitriles is 1. The van der Waals surface area contributed by atoms with Gasteiger partial charge in [0.2, 0.25) is 5.91 Å². The molecule has 0 radical (unpaired) electrons. The van der Waals surface area contributed by atoms with Gasteiger partial charge in [-0.15, -0.1) is 0 Å². The van der Waals surface area contributed by atoms with E-state index in [1.54, 1.807) is 24.3 Å². The number of halogens is 1. The Morgan fingerprint density at radius 3 is 2.83 bits per heavy atom. The average Bonchev–Trinajstić information content (AvgIpc) is 2.79. The molecule has 6 heteroatoms. The molecule has 90 valence electrons. The van der Waals surface area contributed by atoms with Gasteiger partial charge in [0.05, 0.1) is 12.6 Å². The quantitative estimate of drug-likeness (QED) is 0.887. The Bertz CT molecular complexity index is 597. The highest BCUT2D eigenvalue weighted by Crippen LogP contribution is 2.12. The number of aromatic nitrogens is 2. The first-order chi connectivity index (χ1) is 8.69. The van der Waals surface area contributed by atoms with Gasteiger partial charge in [0.15, 0.2) is 0 Å². The number of nitrogens with one attached hydrogen (secondary N) is 2. The molecule has 1 aromatic heterocycles. The molecule has 0 saturated heterocycles. The summed E-state index contributed by atoms with van der Waals surface area (Å²) in [4.78, 5) is 11.7. The van der Waals surface area contributed by atoms with E-state index in [0.29, 0.717) is 16.4 Å². The van der Waals surface area contributed by atoms with Crippen molar-refractivity contribution in [1.82, 2.24) is 10.2 Å². The van der Waals surface area contributed by atoms with Gasteiger partial charge in [-0.25, -0.2) is 0 Å². The Kier molecular flexibility index (Phi) is 3.60. The zero-order valence-corrected chi connectivity index (χ0v) is 10.0. The van der Waals surface area contributed by atoms with Crippen LogP contribution in [0.4, 0.5) is 5.82 Å². The van der Waals surface area contributed by atoms with Crippen LogP contribution in [-0.4, -0.2) is 16.1 Å². The first-order valence-corrected chi connectivity index (χ1v) is 5.54. The van der Waals surface area contributed by atoms with Gasteiger partial charge >= 0.3 is 0 Å². The Hall–Kier alpha value is -2.32. The number of aromatic amines is 1. The molecule has 0 unspecified atom stereocenters. The van der Waals surface area contributed by atoms with Crippen LogP contribution < -0.4 is 5.32 Å². The maximum absolute atomic E-state index is 11.7. The fourth-order valence-corrected chi connectivity index (χ4v) is 1.56. The van der Waals surface area contributed by atoms with Crippen LogP contribution in [0.1, 0.15) is 11.1 Å². The molecule has 18 heavy (non-hydrogen) atoms. The lowest BCUT2D eigenvalue weighted by atomic mass is 10.1. The molecule has 0 bridgehead atoms. The molecule has 0 fully saturated rings. The Balaban J connectivity index is 2.01. The van der Waals surface area contributed by atoms with Crippen molar-refractivity contribution in [3.8, 4) is 6.07 Å². The maximum Gasteiger partial charge on any atom is 0.229 e. The van der Waals surface area contributed by atoms with Gasteiger partial charge in [-0.3, -0.25) is 9.89 Å². The highest BCUT2D eigenvalue weighted by atomic mass is 35.5. The van der Waals surface area contributed by atoms with Gasteiger partial charge in [-0.05, 0) is 17.7 Å². The maximum atomic E-state index is 11.7.